The summed E-state index contributed by atoms with van der Waals surface area (Å²) in [7, 11) is 4.06. The number of amides is 1. The lowest BCUT2D eigenvalue weighted by Crippen LogP contribution is -2.18. The molecule has 0 aliphatic carbocycles. The Balaban J connectivity index is 0.000000245. The summed E-state index contributed by atoms with van der Waals surface area (Å²) >= 11 is 0. The van der Waals surface area contributed by atoms with E-state index in [9.17, 15) is 4.79 Å². The van der Waals surface area contributed by atoms with E-state index < -0.39 is 0 Å². The predicted octanol–water partition coefficient (Wildman–Crippen LogP) is 3.52. The largest absolute Gasteiger partial charge is 0.306 e. The molecule has 1 saturated heterocycles. The van der Waals surface area contributed by atoms with Crippen molar-refractivity contribution >= 4 is 28.3 Å². The Hall–Kier alpha value is -3.26. The minimum Gasteiger partial charge on any atom is -0.306 e. The molecule has 0 saturated carbocycles. The summed E-state index contributed by atoms with van der Waals surface area (Å²) in [5.74, 6) is 0.263. The minimum atomic E-state index is -0.210. The first-order valence-electron chi connectivity index (χ1n) is 10.4. The zero-order valence-corrected chi connectivity index (χ0v) is 18.8. The topological polar surface area (TPSA) is 80.4 Å². The molecule has 8 heteroatoms. The molecule has 0 spiro atoms. The van der Waals surface area contributed by atoms with Crippen molar-refractivity contribution in [3.63, 3.8) is 0 Å². The summed E-state index contributed by atoms with van der Waals surface area (Å²) in [6.45, 7) is 9.17. The zero-order valence-electron chi connectivity index (χ0n) is 18.8. The zero-order chi connectivity index (χ0) is 22.2. The van der Waals surface area contributed by atoms with Crippen molar-refractivity contribution < 1.29 is 4.79 Å². The minimum absolute atomic E-state index is 0.210. The molecular weight excluding hydrogens is 390 g/mol. The van der Waals surface area contributed by atoms with Crippen LogP contribution in [0.5, 0.6) is 0 Å². The van der Waals surface area contributed by atoms with Gasteiger partial charge in [-0.1, -0.05) is 19.9 Å². The molecular formula is C23H29N7O. The van der Waals surface area contributed by atoms with Crippen LogP contribution in [0.25, 0.3) is 16.6 Å². The molecule has 1 aliphatic heterocycles. The van der Waals surface area contributed by atoms with E-state index in [1.165, 1.54) is 19.5 Å². The van der Waals surface area contributed by atoms with E-state index >= 15 is 0 Å². The van der Waals surface area contributed by atoms with Gasteiger partial charge in [0.15, 0.2) is 5.65 Å². The normalized spacial score (nSPS) is 15.8. The SMILES string of the molecule is CN1CCC(C)(C)C1.Cc1nn(C)c2cc(C(=O)Nc3cn4ccnc4cn3)ccc12. The van der Waals surface area contributed by atoms with Crippen LogP contribution in [0, 0.1) is 12.3 Å². The van der Waals surface area contributed by atoms with Gasteiger partial charge in [-0.25, -0.2) is 9.97 Å². The Morgan fingerprint density at radius 3 is 2.68 bits per heavy atom. The van der Waals surface area contributed by atoms with Gasteiger partial charge in [0.2, 0.25) is 0 Å². The fraction of sp³-hybridized carbons (Fsp3) is 0.391. The molecule has 1 N–H and O–H groups in total. The number of anilines is 1. The highest BCUT2D eigenvalue weighted by atomic mass is 16.1. The summed E-state index contributed by atoms with van der Waals surface area (Å²) in [6.07, 6.45) is 8.19. The smallest absolute Gasteiger partial charge is 0.256 e. The molecule has 5 rings (SSSR count). The van der Waals surface area contributed by atoms with Crippen molar-refractivity contribution in [2.45, 2.75) is 27.2 Å². The lowest BCUT2D eigenvalue weighted by Gasteiger charge is -2.15. The molecule has 0 radical (unpaired) electrons. The van der Waals surface area contributed by atoms with Crippen molar-refractivity contribution in [2.24, 2.45) is 12.5 Å². The lowest BCUT2D eigenvalue weighted by atomic mass is 9.93. The molecule has 1 amide bonds. The highest BCUT2D eigenvalue weighted by Crippen LogP contribution is 2.27. The summed E-state index contributed by atoms with van der Waals surface area (Å²) in [5, 5.41) is 8.21. The Bertz CT molecular complexity index is 1240. The fourth-order valence-electron chi connectivity index (χ4n) is 4.04. The second kappa shape index (κ2) is 8.11. The molecule has 31 heavy (non-hydrogen) atoms. The third kappa shape index (κ3) is 4.59. The van der Waals surface area contributed by atoms with Crippen molar-refractivity contribution in [3.05, 3.63) is 54.2 Å². The van der Waals surface area contributed by atoms with Gasteiger partial charge >= 0.3 is 0 Å². The van der Waals surface area contributed by atoms with Gasteiger partial charge in [-0.05, 0) is 44.5 Å². The van der Waals surface area contributed by atoms with Gasteiger partial charge in [0.1, 0.15) is 5.82 Å². The fourth-order valence-corrected chi connectivity index (χ4v) is 4.04. The second-order valence-corrected chi connectivity index (χ2v) is 9.01. The first-order chi connectivity index (χ1) is 14.7. The lowest BCUT2D eigenvalue weighted by molar-refractivity contribution is 0.102. The van der Waals surface area contributed by atoms with Gasteiger partial charge < -0.3 is 14.6 Å². The van der Waals surface area contributed by atoms with Crippen molar-refractivity contribution in [2.75, 3.05) is 25.5 Å². The standard InChI is InChI=1S/C16H14N6O.C7H15N/c1-10-12-4-3-11(7-13(12)21(2)20-10)16(23)19-14-9-22-6-5-17-15(22)8-18-14;1-7(2)4-5-8(3)6-7/h3-9H,1-2H3,(H,19,23);4-6H2,1-3H3. The second-order valence-electron chi connectivity index (χ2n) is 9.01. The number of aryl methyl sites for hydroxylation is 2. The number of aromatic nitrogens is 5. The average Bonchev–Trinajstić information content (AvgIpc) is 3.39. The van der Waals surface area contributed by atoms with Gasteiger partial charge in [-0.15, -0.1) is 0 Å². The average molecular weight is 420 g/mol. The third-order valence-corrected chi connectivity index (χ3v) is 5.69. The van der Waals surface area contributed by atoms with E-state index in [0.717, 1.165) is 22.2 Å². The number of likely N-dealkylation sites (tertiary alicyclic amines) is 1. The van der Waals surface area contributed by atoms with Crippen LogP contribution < -0.4 is 5.32 Å². The van der Waals surface area contributed by atoms with Crippen LogP contribution in [-0.2, 0) is 7.05 Å². The summed E-state index contributed by atoms with van der Waals surface area (Å²) < 4.78 is 3.58. The molecule has 0 bridgehead atoms. The number of nitrogens with one attached hydrogen (secondary N) is 1. The quantitative estimate of drug-likeness (QED) is 0.538. The number of hydrogen-bond donors (Lipinski definition) is 1. The maximum absolute atomic E-state index is 12.4. The van der Waals surface area contributed by atoms with E-state index in [4.69, 9.17) is 0 Å². The van der Waals surface area contributed by atoms with E-state index in [2.05, 4.69) is 46.2 Å². The number of rotatable bonds is 2. The van der Waals surface area contributed by atoms with Crippen LogP contribution in [0.2, 0.25) is 0 Å². The Kier molecular flexibility index (Phi) is 5.49. The number of carbonyl (C=O) groups is 1. The van der Waals surface area contributed by atoms with Crippen molar-refractivity contribution in [1.82, 2.24) is 29.0 Å². The van der Waals surface area contributed by atoms with Gasteiger partial charge in [-0.3, -0.25) is 9.48 Å². The third-order valence-electron chi connectivity index (χ3n) is 5.69. The van der Waals surface area contributed by atoms with Crippen LogP contribution in [0.4, 0.5) is 5.82 Å². The maximum atomic E-state index is 12.4. The van der Waals surface area contributed by atoms with Crippen LogP contribution in [0.1, 0.15) is 36.3 Å². The van der Waals surface area contributed by atoms with Crippen LogP contribution >= 0.6 is 0 Å². The molecule has 8 nitrogen and oxygen atoms in total. The molecule has 4 aromatic rings. The molecule has 3 aromatic heterocycles. The summed E-state index contributed by atoms with van der Waals surface area (Å²) in [6, 6.07) is 5.54. The Labute approximate surface area is 181 Å². The van der Waals surface area contributed by atoms with Crippen LogP contribution in [-0.4, -0.2) is 55.1 Å². The number of carbonyl (C=O) groups excluding carboxylic acids is 1. The number of nitrogens with zero attached hydrogens (tertiary/aromatic N) is 6. The van der Waals surface area contributed by atoms with Crippen molar-refractivity contribution in [3.8, 4) is 0 Å². The van der Waals surface area contributed by atoms with Gasteiger partial charge in [-0.2, -0.15) is 5.10 Å². The van der Waals surface area contributed by atoms with E-state index in [0.29, 0.717) is 16.8 Å². The molecule has 4 heterocycles. The number of imidazole rings is 1. The van der Waals surface area contributed by atoms with Crippen LogP contribution in [0.3, 0.4) is 0 Å². The number of hydrogen-bond acceptors (Lipinski definition) is 5. The van der Waals surface area contributed by atoms with Gasteiger partial charge in [0.05, 0.1) is 23.6 Å². The summed E-state index contributed by atoms with van der Waals surface area (Å²) in [4.78, 5) is 23.2. The van der Waals surface area contributed by atoms with Crippen LogP contribution in [0.15, 0.2) is 43.0 Å². The molecule has 0 unspecified atom stereocenters. The van der Waals surface area contributed by atoms with E-state index in [1.807, 2.05) is 26.1 Å². The molecule has 1 aliphatic rings. The molecule has 0 atom stereocenters. The molecule has 162 valence electrons. The molecule has 1 aromatic carbocycles. The highest BCUT2D eigenvalue weighted by molar-refractivity contribution is 6.05. The maximum Gasteiger partial charge on any atom is 0.256 e. The Morgan fingerprint density at radius 2 is 2.00 bits per heavy atom. The number of fused-ring (bicyclic) bond motifs is 2. The van der Waals surface area contributed by atoms with E-state index in [-0.39, 0.29) is 5.91 Å². The molecule has 1 fully saturated rings. The number of benzene rings is 1. The van der Waals surface area contributed by atoms with Crippen molar-refractivity contribution in [1.29, 1.82) is 0 Å². The first-order valence-corrected chi connectivity index (χ1v) is 10.4. The van der Waals surface area contributed by atoms with Gasteiger partial charge in [0, 0.05) is 36.9 Å². The van der Waals surface area contributed by atoms with Gasteiger partial charge in [0.25, 0.3) is 5.91 Å². The highest BCUT2D eigenvalue weighted by Gasteiger charge is 2.26. The summed E-state index contributed by atoms with van der Waals surface area (Å²) in [5.41, 5.74) is 3.76. The monoisotopic (exact) mass is 419 g/mol. The Morgan fingerprint density at radius 1 is 1.19 bits per heavy atom. The predicted molar refractivity (Wildman–Crippen MR) is 122 cm³/mol. The van der Waals surface area contributed by atoms with E-state index in [1.54, 1.807) is 39.9 Å². The first kappa shape index (κ1) is 21.0.